The van der Waals surface area contributed by atoms with E-state index in [4.69, 9.17) is 16.9 Å². The predicted octanol–water partition coefficient (Wildman–Crippen LogP) is 4.19. The zero-order valence-corrected chi connectivity index (χ0v) is 13.5. The van der Waals surface area contributed by atoms with Gasteiger partial charge in [0.2, 0.25) is 5.95 Å². The minimum Gasteiger partial charge on any atom is -0.339 e. The van der Waals surface area contributed by atoms with E-state index in [1.807, 2.05) is 25.1 Å². The van der Waals surface area contributed by atoms with Crippen molar-refractivity contribution in [3.05, 3.63) is 64.8 Å². The quantitative estimate of drug-likeness (QED) is 0.742. The summed E-state index contributed by atoms with van der Waals surface area (Å²) in [4.78, 5) is 4.37. The zero-order valence-electron chi connectivity index (χ0n) is 12.8. The van der Waals surface area contributed by atoms with Crippen LogP contribution < -0.4 is 10.6 Å². The number of rotatable bonds is 4. The van der Waals surface area contributed by atoms with E-state index in [-0.39, 0.29) is 0 Å². The number of anilines is 4. The normalized spacial score (nSPS) is 10.0. The molecule has 0 saturated carbocycles. The van der Waals surface area contributed by atoms with Gasteiger partial charge >= 0.3 is 0 Å². The molecule has 3 aromatic rings. The minimum absolute atomic E-state index is 0.349. The second-order valence-electron chi connectivity index (χ2n) is 5.07. The van der Waals surface area contributed by atoms with Crippen LogP contribution in [-0.4, -0.2) is 15.2 Å². The van der Waals surface area contributed by atoms with E-state index in [1.54, 1.807) is 24.3 Å². The van der Waals surface area contributed by atoms with Crippen molar-refractivity contribution in [3.8, 4) is 6.07 Å². The van der Waals surface area contributed by atoms with Crippen LogP contribution in [0.2, 0.25) is 5.02 Å². The van der Waals surface area contributed by atoms with Crippen molar-refractivity contribution in [3.63, 3.8) is 0 Å². The highest BCUT2D eigenvalue weighted by Gasteiger charge is 2.05. The van der Waals surface area contributed by atoms with E-state index in [1.165, 1.54) is 6.20 Å². The Labute approximate surface area is 144 Å². The molecular weight excluding hydrogens is 324 g/mol. The summed E-state index contributed by atoms with van der Waals surface area (Å²) in [5, 5.41) is 23.7. The van der Waals surface area contributed by atoms with Crippen LogP contribution in [-0.2, 0) is 0 Å². The summed E-state index contributed by atoms with van der Waals surface area (Å²) in [5.74, 6) is 0.865. The van der Waals surface area contributed by atoms with Gasteiger partial charge in [0.15, 0.2) is 5.82 Å². The molecule has 1 heterocycles. The molecule has 0 atom stereocenters. The first kappa shape index (κ1) is 15.7. The van der Waals surface area contributed by atoms with Gasteiger partial charge in [-0.1, -0.05) is 23.7 Å². The molecule has 1 aromatic heterocycles. The molecule has 2 aromatic carbocycles. The Balaban J connectivity index is 1.81. The van der Waals surface area contributed by atoms with E-state index in [2.05, 4.69) is 31.9 Å². The Morgan fingerprint density at radius 1 is 1.12 bits per heavy atom. The number of nitriles is 1. The second-order valence-corrected chi connectivity index (χ2v) is 5.50. The smallest absolute Gasteiger partial charge is 0.249 e. The molecule has 24 heavy (non-hydrogen) atoms. The largest absolute Gasteiger partial charge is 0.339 e. The summed E-state index contributed by atoms with van der Waals surface area (Å²) >= 11 is 6.02. The van der Waals surface area contributed by atoms with Gasteiger partial charge in [-0.2, -0.15) is 15.3 Å². The monoisotopic (exact) mass is 336 g/mol. The van der Waals surface area contributed by atoms with Crippen LogP contribution in [0.3, 0.4) is 0 Å². The molecule has 0 bridgehead atoms. The van der Waals surface area contributed by atoms with Gasteiger partial charge in [0.1, 0.15) is 0 Å². The van der Waals surface area contributed by atoms with Crippen molar-refractivity contribution in [1.82, 2.24) is 15.2 Å². The van der Waals surface area contributed by atoms with Gasteiger partial charge in [-0.15, -0.1) is 5.10 Å². The van der Waals surface area contributed by atoms with Gasteiger partial charge in [0.05, 0.1) is 17.8 Å². The molecule has 0 amide bonds. The lowest BCUT2D eigenvalue weighted by Crippen LogP contribution is -2.03. The first-order valence-electron chi connectivity index (χ1n) is 7.14. The van der Waals surface area contributed by atoms with E-state index < -0.39 is 0 Å². The van der Waals surface area contributed by atoms with Crippen molar-refractivity contribution in [2.24, 2.45) is 0 Å². The van der Waals surface area contributed by atoms with E-state index in [9.17, 15) is 0 Å². The van der Waals surface area contributed by atoms with Gasteiger partial charge in [-0.05, 0) is 42.8 Å². The molecule has 6 nitrogen and oxygen atoms in total. The fraction of sp³-hybridized carbons (Fsp3) is 0.0588. The summed E-state index contributed by atoms with van der Waals surface area (Å²) < 4.78 is 0. The Hall–Kier alpha value is -3.17. The van der Waals surface area contributed by atoms with Gasteiger partial charge in [0.25, 0.3) is 0 Å². The summed E-state index contributed by atoms with van der Waals surface area (Å²) in [6, 6.07) is 14.7. The molecule has 0 aliphatic carbocycles. The maximum Gasteiger partial charge on any atom is 0.249 e. The van der Waals surface area contributed by atoms with Crippen LogP contribution in [0.1, 0.15) is 11.1 Å². The zero-order chi connectivity index (χ0) is 16.9. The number of aryl methyl sites for hydroxylation is 1. The van der Waals surface area contributed by atoms with Crippen molar-refractivity contribution in [1.29, 1.82) is 5.26 Å². The molecule has 0 unspecified atom stereocenters. The number of halogens is 1. The lowest BCUT2D eigenvalue weighted by molar-refractivity contribution is 0.982. The molecule has 0 spiro atoms. The van der Waals surface area contributed by atoms with Crippen molar-refractivity contribution in [2.75, 3.05) is 10.6 Å². The molecule has 0 fully saturated rings. The van der Waals surface area contributed by atoms with Crippen molar-refractivity contribution < 1.29 is 0 Å². The lowest BCUT2D eigenvalue weighted by Gasteiger charge is -2.10. The third kappa shape index (κ3) is 3.77. The standard InChI is InChI=1S/C17H13ClN6/c1-11-5-6-13(18)8-15(11)22-17-23-16(10-20-24-17)21-14-4-2-3-12(7-14)9-19/h2-8,10H,1H3,(H2,21,22,23,24). The summed E-state index contributed by atoms with van der Waals surface area (Å²) in [6.45, 7) is 1.96. The Kier molecular flexibility index (Phi) is 4.54. The molecular formula is C17H13ClN6. The number of benzene rings is 2. The molecule has 118 valence electrons. The SMILES string of the molecule is Cc1ccc(Cl)cc1Nc1nncc(Nc2cccc(C#N)c2)n1. The number of nitrogens with one attached hydrogen (secondary N) is 2. The Morgan fingerprint density at radius 3 is 2.83 bits per heavy atom. The summed E-state index contributed by atoms with van der Waals surface area (Å²) in [7, 11) is 0. The first-order chi connectivity index (χ1) is 11.6. The molecule has 0 aliphatic rings. The maximum absolute atomic E-state index is 8.95. The van der Waals surface area contributed by atoms with Crippen LogP contribution in [0.15, 0.2) is 48.7 Å². The van der Waals surface area contributed by atoms with E-state index >= 15 is 0 Å². The van der Waals surface area contributed by atoms with Crippen LogP contribution >= 0.6 is 11.6 Å². The van der Waals surface area contributed by atoms with E-state index in [0.29, 0.717) is 22.4 Å². The fourth-order valence-electron chi connectivity index (χ4n) is 2.08. The fourth-order valence-corrected chi connectivity index (χ4v) is 2.25. The Bertz CT molecular complexity index is 919. The summed E-state index contributed by atoms with van der Waals surface area (Å²) in [6.07, 6.45) is 1.51. The average Bonchev–Trinajstić information content (AvgIpc) is 2.59. The maximum atomic E-state index is 8.95. The highest BCUT2D eigenvalue weighted by Crippen LogP contribution is 2.23. The molecule has 0 aliphatic heterocycles. The average molecular weight is 337 g/mol. The molecule has 3 rings (SSSR count). The van der Waals surface area contributed by atoms with Gasteiger partial charge in [-0.25, -0.2) is 0 Å². The van der Waals surface area contributed by atoms with E-state index in [0.717, 1.165) is 16.9 Å². The highest BCUT2D eigenvalue weighted by molar-refractivity contribution is 6.30. The van der Waals surface area contributed by atoms with Crippen LogP contribution in [0.25, 0.3) is 0 Å². The number of hydrogen-bond donors (Lipinski definition) is 2. The minimum atomic E-state index is 0.349. The van der Waals surface area contributed by atoms with Crippen molar-refractivity contribution in [2.45, 2.75) is 6.92 Å². The number of hydrogen-bond acceptors (Lipinski definition) is 6. The second kappa shape index (κ2) is 6.94. The van der Waals surface area contributed by atoms with Crippen molar-refractivity contribution >= 4 is 34.7 Å². The predicted molar refractivity (Wildman–Crippen MR) is 93.7 cm³/mol. The highest BCUT2D eigenvalue weighted by atomic mass is 35.5. The third-order valence-electron chi connectivity index (χ3n) is 3.27. The van der Waals surface area contributed by atoms with Gasteiger partial charge in [0, 0.05) is 16.4 Å². The summed E-state index contributed by atoms with van der Waals surface area (Å²) in [5.41, 5.74) is 3.14. The molecule has 2 N–H and O–H groups in total. The van der Waals surface area contributed by atoms with Crippen LogP contribution in [0.5, 0.6) is 0 Å². The Morgan fingerprint density at radius 2 is 2.00 bits per heavy atom. The molecule has 0 saturated heterocycles. The van der Waals surface area contributed by atoms with Gasteiger partial charge < -0.3 is 10.6 Å². The third-order valence-corrected chi connectivity index (χ3v) is 3.50. The van der Waals surface area contributed by atoms with Crippen LogP contribution in [0.4, 0.5) is 23.1 Å². The first-order valence-corrected chi connectivity index (χ1v) is 7.52. The number of aromatic nitrogens is 3. The topological polar surface area (TPSA) is 86.5 Å². The number of nitrogens with zero attached hydrogens (tertiary/aromatic N) is 4. The lowest BCUT2D eigenvalue weighted by atomic mass is 10.2. The molecule has 7 heteroatoms. The van der Waals surface area contributed by atoms with Crippen LogP contribution in [0, 0.1) is 18.3 Å². The van der Waals surface area contributed by atoms with Gasteiger partial charge in [-0.3, -0.25) is 0 Å². The molecule has 0 radical (unpaired) electrons.